The Bertz CT molecular complexity index is 561. The predicted octanol–water partition coefficient (Wildman–Crippen LogP) is 2.41. The zero-order valence-electron chi connectivity index (χ0n) is 9.21. The summed E-state index contributed by atoms with van der Waals surface area (Å²) in [6.45, 7) is 0.220. The highest BCUT2D eigenvalue weighted by atomic mass is 35.5. The van der Waals surface area contributed by atoms with Crippen molar-refractivity contribution in [1.29, 1.82) is 0 Å². The van der Waals surface area contributed by atoms with Crippen LogP contribution < -0.4 is 4.74 Å². The molecule has 18 heavy (non-hydrogen) atoms. The van der Waals surface area contributed by atoms with E-state index in [-0.39, 0.29) is 23.2 Å². The van der Waals surface area contributed by atoms with Gasteiger partial charge in [0.15, 0.2) is 5.15 Å². The van der Waals surface area contributed by atoms with Gasteiger partial charge >= 0.3 is 5.97 Å². The molecule has 0 saturated heterocycles. The largest absolute Gasteiger partial charge is 0.477 e. The standard InChI is InChI=1S/C12H9ClN2O3/c13-10-6-9(12(16)17)11(15-14-10)18-7-8-4-2-1-3-5-8/h1-6H,7H2,(H,16,17). The minimum Gasteiger partial charge on any atom is -0.477 e. The molecule has 0 saturated carbocycles. The topological polar surface area (TPSA) is 72.3 Å². The molecule has 2 aromatic rings. The molecule has 1 aromatic carbocycles. The van der Waals surface area contributed by atoms with Crippen molar-refractivity contribution < 1.29 is 14.6 Å². The van der Waals surface area contributed by atoms with Gasteiger partial charge in [-0.25, -0.2) is 4.79 Å². The van der Waals surface area contributed by atoms with E-state index in [1.807, 2.05) is 30.3 Å². The van der Waals surface area contributed by atoms with Crippen LogP contribution in [0.3, 0.4) is 0 Å². The zero-order chi connectivity index (χ0) is 13.0. The Morgan fingerprint density at radius 3 is 2.67 bits per heavy atom. The lowest BCUT2D eigenvalue weighted by Crippen LogP contribution is -2.06. The molecule has 92 valence electrons. The number of carboxylic acid groups (broad SMARTS) is 1. The molecule has 0 radical (unpaired) electrons. The van der Waals surface area contributed by atoms with Crippen molar-refractivity contribution in [3.63, 3.8) is 0 Å². The number of aromatic nitrogens is 2. The minimum absolute atomic E-state index is 0.0134. The Labute approximate surface area is 108 Å². The van der Waals surface area contributed by atoms with Gasteiger partial charge in [-0.15, -0.1) is 10.2 Å². The first-order chi connectivity index (χ1) is 8.66. The number of hydrogen-bond acceptors (Lipinski definition) is 4. The maximum atomic E-state index is 11.0. The first kappa shape index (κ1) is 12.3. The van der Waals surface area contributed by atoms with Crippen LogP contribution in [-0.2, 0) is 6.61 Å². The van der Waals surface area contributed by atoms with Crippen molar-refractivity contribution in [1.82, 2.24) is 10.2 Å². The number of hydrogen-bond donors (Lipinski definition) is 1. The van der Waals surface area contributed by atoms with E-state index in [9.17, 15) is 4.79 Å². The van der Waals surface area contributed by atoms with Gasteiger partial charge in [0.1, 0.15) is 12.2 Å². The Morgan fingerprint density at radius 1 is 1.28 bits per heavy atom. The normalized spacial score (nSPS) is 10.1. The quantitative estimate of drug-likeness (QED) is 0.918. The maximum Gasteiger partial charge on any atom is 0.341 e. The molecule has 1 N–H and O–H groups in total. The summed E-state index contributed by atoms with van der Waals surface area (Å²) in [6, 6.07) is 10.5. The number of carboxylic acids is 1. The summed E-state index contributed by atoms with van der Waals surface area (Å²) in [5.74, 6) is -1.20. The number of halogens is 1. The van der Waals surface area contributed by atoms with Crippen LogP contribution >= 0.6 is 11.6 Å². The summed E-state index contributed by atoms with van der Waals surface area (Å²) in [5, 5.41) is 16.2. The molecule has 0 bridgehead atoms. The Balaban J connectivity index is 2.17. The second-order valence-electron chi connectivity index (χ2n) is 3.47. The van der Waals surface area contributed by atoms with Gasteiger partial charge in [0.25, 0.3) is 0 Å². The highest BCUT2D eigenvalue weighted by Gasteiger charge is 2.14. The van der Waals surface area contributed by atoms with Crippen LogP contribution in [0.15, 0.2) is 36.4 Å². The van der Waals surface area contributed by atoms with Crippen LogP contribution in [0.2, 0.25) is 5.15 Å². The molecule has 0 amide bonds. The van der Waals surface area contributed by atoms with Gasteiger partial charge in [-0.1, -0.05) is 41.9 Å². The molecule has 0 aliphatic heterocycles. The minimum atomic E-state index is -1.16. The summed E-state index contributed by atoms with van der Waals surface area (Å²) in [6.07, 6.45) is 0. The molecule has 0 atom stereocenters. The third kappa shape index (κ3) is 2.95. The first-order valence-corrected chi connectivity index (χ1v) is 5.48. The average molecular weight is 265 g/mol. The van der Waals surface area contributed by atoms with Crippen molar-refractivity contribution in [2.24, 2.45) is 0 Å². The van der Waals surface area contributed by atoms with E-state index in [0.717, 1.165) is 5.56 Å². The van der Waals surface area contributed by atoms with Crippen LogP contribution in [-0.4, -0.2) is 21.3 Å². The van der Waals surface area contributed by atoms with Crippen molar-refractivity contribution in [2.75, 3.05) is 0 Å². The molecule has 1 aromatic heterocycles. The molecule has 0 aliphatic carbocycles. The van der Waals surface area contributed by atoms with E-state index in [0.29, 0.717) is 0 Å². The fourth-order valence-electron chi connectivity index (χ4n) is 1.34. The SMILES string of the molecule is O=C(O)c1cc(Cl)nnc1OCc1ccccc1. The van der Waals surface area contributed by atoms with E-state index < -0.39 is 5.97 Å². The van der Waals surface area contributed by atoms with Crippen LogP contribution in [0.1, 0.15) is 15.9 Å². The van der Waals surface area contributed by atoms with Gasteiger partial charge in [0.2, 0.25) is 5.88 Å². The van der Waals surface area contributed by atoms with Gasteiger partial charge in [0.05, 0.1) is 0 Å². The van der Waals surface area contributed by atoms with Gasteiger partial charge in [-0.3, -0.25) is 0 Å². The van der Waals surface area contributed by atoms with E-state index in [2.05, 4.69) is 10.2 Å². The monoisotopic (exact) mass is 264 g/mol. The maximum absolute atomic E-state index is 11.0. The van der Waals surface area contributed by atoms with Crippen LogP contribution in [0.5, 0.6) is 5.88 Å². The lowest BCUT2D eigenvalue weighted by atomic mass is 10.2. The van der Waals surface area contributed by atoms with Crippen molar-refractivity contribution in [2.45, 2.75) is 6.61 Å². The predicted molar refractivity (Wildman–Crippen MR) is 64.8 cm³/mol. The fraction of sp³-hybridized carbons (Fsp3) is 0.0833. The number of rotatable bonds is 4. The molecule has 2 rings (SSSR count). The highest BCUT2D eigenvalue weighted by Crippen LogP contribution is 2.18. The molecular formula is C12H9ClN2O3. The molecular weight excluding hydrogens is 256 g/mol. The Morgan fingerprint density at radius 2 is 2.00 bits per heavy atom. The Hall–Kier alpha value is -2.14. The van der Waals surface area contributed by atoms with Gasteiger partial charge in [-0.05, 0) is 11.6 Å². The number of aromatic carboxylic acids is 1. The van der Waals surface area contributed by atoms with Gasteiger partial charge in [-0.2, -0.15) is 0 Å². The van der Waals surface area contributed by atoms with Crippen molar-refractivity contribution >= 4 is 17.6 Å². The second kappa shape index (κ2) is 5.46. The summed E-state index contributed by atoms with van der Waals surface area (Å²) in [5.41, 5.74) is 0.802. The number of benzene rings is 1. The highest BCUT2D eigenvalue weighted by molar-refractivity contribution is 6.29. The van der Waals surface area contributed by atoms with Crippen molar-refractivity contribution in [3.8, 4) is 5.88 Å². The van der Waals surface area contributed by atoms with E-state index >= 15 is 0 Å². The molecule has 5 nitrogen and oxygen atoms in total. The molecule has 6 heteroatoms. The van der Waals surface area contributed by atoms with Crippen LogP contribution in [0.4, 0.5) is 0 Å². The van der Waals surface area contributed by atoms with Gasteiger partial charge < -0.3 is 9.84 Å². The van der Waals surface area contributed by atoms with E-state index in [1.165, 1.54) is 6.07 Å². The van der Waals surface area contributed by atoms with E-state index in [4.69, 9.17) is 21.4 Å². The summed E-state index contributed by atoms with van der Waals surface area (Å²) in [7, 11) is 0. The van der Waals surface area contributed by atoms with Crippen LogP contribution in [0.25, 0.3) is 0 Å². The summed E-state index contributed by atoms with van der Waals surface area (Å²) < 4.78 is 5.33. The lowest BCUT2D eigenvalue weighted by molar-refractivity contribution is 0.0690. The smallest absolute Gasteiger partial charge is 0.341 e. The van der Waals surface area contributed by atoms with Crippen LogP contribution in [0, 0.1) is 0 Å². The molecule has 0 aliphatic rings. The fourth-order valence-corrected chi connectivity index (χ4v) is 1.49. The third-order valence-electron chi connectivity index (χ3n) is 2.18. The van der Waals surface area contributed by atoms with E-state index in [1.54, 1.807) is 0 Å². The molecule has 0 unspecified atom stereocenters. The Kier molecular flexibility index (Phi) is 3.74. The molecule has 1 heterocycles. The van der Waals surface area contributed by atoms with Gasteiger partial charge in [0, 0.05) is 0 Å². The molecule has 0 fully saturated rings. The third-order valence-corrected chi connectivity index (χ3v) is 2.36. The second-order valence-corrected chi connectivity index (χ2v) is 3.85. The number of ether oxygens (including phenoxy) is 1. The zero-order valence-corrected chi connectivity index (χ0v) is 9.96. The summed E-state index contributed by atoms with van der Waals surface area (Å²) in [4.78, 5) is 11.0. The number of nitrogens with zero attached hydrogens (tertiary/aromatic N) is 2. The van der Waals surface area contributed by atoms with Crippen molar-refractivity contribution in [3.05, 3.63) is 52.7 Å². The lowest BCUT2D eigenvalue weighted by Gasteiger charge is -2.07. The average Bonchev–Trinajstić information content (AvgIpc) is 2.38. The number of carbonyl (C=O) groups is 1. The summed E-state index contributed by atoms with van der Waals surface area (Å²) >= 11 is 5.59. The molecule has 0 spiro atoms. The first-order valence-electron chi connectivity index (χ1n) is 5.10.